The summed E-state index contributed by atoms with van der Waals surface area (Å²) in [6.45, 7) is 37.2. The van der Waals surface area contributed by atoms with Gasteiger partial charge in [0.15, 0.2) is 0 Å². The quantitative estimate of drug-likeness (QED) is 0.163. The Bertz CT molecular complexity index is 3180. The van der Waals surface area contributed by atoms with E-state index >= 15 is 0 Å². The monoisotopic (exact) mass is 954 g/mol. The van der Waals surface area contributed by atoms with Gasteiger partial charge in [-0.3, -0.25) is 0 Å². The normalized spacial score (nSPS) is 25.3. The molecule has 2 saturated carbocycles. The maximum Gasteiger partial charge on any atom is 0.252 e. The van der Waals surface area contributed by atoms with Crippen molar-refractivity contribution in [3.05, 3.63) is 149 Å². The molecule has 4 unspecified atom stereocenters. The Balaban J connectivity index is 1.25. The van der Waals surface area contributed by atoms with Crippen molar-refractivity contribution in [2.75, 3.05) is 14.7 Å². The summed E-state index contributed by atoms with van der Waals surface area (Å²) in [4.78, 5) is 8.62. The Morgan fingerprint density at radius 2 is 1.10 bits per heavy atom. The minimum absolute atomic E-state index is 0.00488. The second-order valence-corrected chi connectivity index (χ2v) is 33.0. The number of hydrogen-bond acceptors (Lipinski definition) is 3. The summed E-state index contributed by atoms with van der Waals surface area (Å²) in [7, 11) is -1.83. The van der Waals surface area contributed by atoms with Crippen LogP contribution in [0.5, 0.6) is 0 Å². The van der Waals surface area contributed by atoms with Gasteiger partial charge in [0, 0.05) is 50.6 Å². The average molecular weight is 954 g/mol. The van der Waals surface area contributed by atoms with Crippen molar-refractivity contribution in [2.45, 2.75) is 192 Å². The smallest absolute Gasteiger partial charge is 0.252 e. The first kappa shape index (κ1) is 47.0. The molecule has 4 aliphatic heterocycles. The van der Waals surface area contributed by atoms with Crippen LogP contribution in [0, 0.1) is 0 Å². The van der Waals surface area contributed by atoms with Crippen molar-refractivity contribution in [2.24, 2.45) is 0 Å². The maximum atomic E-state index is 3.00. The van der Waals surface area contributed by atoms with Gasteiger partial charge in [0.05, 0.1) is 19.2 Å². The van der Waals surface area contributed by atoms with Gasteiger partial charge in [-0.25, -0.2) is 0 Å². The van der Waals surface area contributed by atoms with Gasteiger partial charge in [0.25, 0.3) is 6.71 Å². The summed E-state index contributed by atoms with van der Waals surface area (Å²) in [6, 6.07) is 47.6. The molecule has 5 heteroatoms. The van der Waals surface area contributed by atoms with Gasteiger partial charge in [-0.05, 0) is 142 Å². The molecule has 12 rings (SSSR count). The van der Waals surface area contributed by atoms with Crippen LogP contribution in [0.3, 0.4) is 0 Å². The first-order chi connectivity index (χ1) is 33.3. The molecule has 2 fully saturated rings. The molecule has 0 radical (unpaired) electrons. The van der Waals surface area contributed by atoms with E-state index in [4.69, 9.17) is 0 Å². The van der Waals surface area contributed by atoms with Crippen LogP contribution in [-0.4, -0.2) is 25.9 Å². The molecule has 0 saturated heterocycles. The molecule has 3 nitrogen and oxygen atoms in total. The highest BCUT2D eigenvalue weighted by atomic mass is 28.3. The van der Waals surface area contributed by atoms with E-state index in [2.05, 4.69) is 233 Å². The second kappa shape index (κ2) is 15.1. The molecule has 0 bridgehead atoms. The van der Waals surface area contributed by atoms with E-state index in [1.807, 2.05) is 0 Å². The highest BCUT2D eigenvalue weighted by molar-refractivity contribution is 7.01. The number of hydrogen-bond donors (Lipinski definition) is 0. The number of anilines is 7. The van der Waals surface area contributed by atoms with E-state index in [0.29, 0.717) is 0 Å². The highest BCUT2D eigenvalue weighted by Gasteiger charge is 2.65. The van der Waals surface area contributed by atoms with Crippen LogP contribution in [0.1, 0.15) is 168 Å². The van der Waals surface area contributed by atoms with Crippen LogP contribution in [-0.2, 0) is 27.1 Å². The van der Waals surface area contributed by atoms with Gasteiger partial charge >= 0.3 is 0 Å². The predicted octanol–water partition coefficient (Wildman–Crippen LogP) is 15.2. The minimum Gasteiger partial charge on any atom is -0.335 e. The minimum atomic E-state index is -1.83. The number of rotatable bonds is 4. The molecule has 2 aliphatic carbocycles. The predicted molar refractivity (Wildman–Crippen MR) is 310 cm³/mol. The van der Waals surface area contributed by atoms with Crippen LogP contribution >= 0.6 is 0 Å². The zero-order chi connectivity index (χ0) is 50.2. The zero-order valence-corrected chi connectivity index (χ0v) is 47.0. The topological polar surface area (TPSA) is 9.72 Å². The summed E-state index contributed by atoms with van der Waals surface area (Å²) in [6.07, 6.45) is 9.65. The molecule has 366 valence electrons. The lowest BCUT2D eigenvalue weighted by Crippen LogP contribution is -2.65. The molecule has 4 atom stereocenters. The lowest BCUT2D eigenvalue weighted by molar-refractivity contribution is 0.194. The zero-order valence-electron chi connectivity index (χ0n) is 46.0. The average Bonchev–Trinajstić information content (AvgIpc) is 3.68. The van der Waals surface area contributed by atoms with E-state index in [-0.39, 0.29) is 44.9 Å². The van der Waals surface area contributed by atoms with E-state index in [1.54, 1.807) is 16.3 Å². The molecule has 71 heavy (non-hydrogen) atoms. The molecule has 0 N–H and O–H groups in total. The number of fused-ring (bicyclic) bond motifs is 10. The summed E-state index contributed by atoms with van der Waals surface area (Å²) in [5, 5.41) is 1.58. The van der Waals surface area contributed by atoms with Gasteiger partial charge in [0.1, 0.15) is 0 Å². The SMILES string of the molecule is CC(C)(C)c1cccc(N2c3cc(C(C)(C)C)ccc3B3c4cc([Si](C)(C)C)cc5c4N(c4cc(N6c7ccc(C(C)(C)C)cc7C7(C)CCCCC67C)cc2c43)C2(C)CCCCC52c2ccccc2)c1. The van der Waals surface area contributed by atoms with Crippen LogP contribution in [0.4, 0.5) is 39.8 Å². The van der Waals surface area contributed by atoms with Crippen LogP contribution in [0.15, 0.2) is 115 Å². The molecule has 0 amide bonds. The summed E-state index contributed by atoms with van der Waals surface area (Å²) < 4.78 is 0. The lowest BCUT2D eigenvalue weighted by atomic mass is 9.33. The largest absolute Gasteiger partial charge is 0.335 e. The molecule has 4 heterocycles. The van der Waals surface area contributed by atoms with Crippen molar-refractivity contribution in [3.8, 4) is 0 Å². The van der Waals surface area contributed by atoms with Gasteiger partial charge < -0.3 is 14.7 Å². The van der Waals surface area contributed by atoms with Gasteiger partial charge in [0.2, 0.25) is 0 Å². The number of benzene rings is 6. The van der Waals surface area contributed by atoms with Crippen molar-refractivity contribution >= 4 is 76.2 Å². The lowest BCUT2D eigenvalue weighted by Gasteiger charge is -2.54. The third-order valence-electron chi connectivity index (χ3n) is 19.7. The fraction of sp³-hybridized carbons (Fsp3) is 0.455. The fourth-order valence-corrected chi connectivity index (χ4v) is 16.5. The standard InChI is InChI=1S/C66H80BN3Si/c1-60(2,3)44-26-23-27-47(36-44)68-55-38-46(62(7,8)9)28-30-52(55)67-53-42-49(71(13,14)15)41-51-59(53)70(65(12)34-21-22-35-66(51,65)43-24-17-16-18-25-43)57-40-48(39-56(68)58(57)67)69-54-31-29-45(61(4,5)6)37-50(54)63(10)32-19-20-33-64(63,69)11/h16-18,23-31,36-42H,19-22,32-35H2,1-15H3. The van der Waals surface area contributed by atoms with Crippen molar-refractivity contribution in [3.63, 3.8) is 0 Å². The van der Waals surface area contributed by atoms with Crippen molar-refractivity contribution < 1.29 is 0 Å². The van der Waals surface area contributed by atoms with Crippen molar-refractivity contribution in [1.29, 1.82) is 0 Å². The van der Waals surface area contributed by atoms with Crippen LogP contribution in [0.25, 0.3) is 0 Å². The van der Waals surface area contributed by atoms with E-state index in [1.165, 1.54) is 111 Å². The highest BCUT2D eigenvalue weighted by Crippen LogP contribution is 2.66. The Kier molecular flexibility index (Phi) is 9.97. The Labute approximate surface area is 429 Å². The van der Waals surface area contributed by atoms with Crippen LogP contribution < -0.4 is 36.3 Å². The second-order valence-electron chi connectivity index (χ2n) is 27.9. The maximum absolute atomic E-state index is 3.00. The molecule has 6 aromatic carbocycles. The van der Waals surface area contributed by atoms with Gasteiger partial charge in [-0.15, -0.1) is 0 Å². The van der Waals surface area contributed by atoms with Crippen LogP contribution in [0.2, 0.25) is 19.6 Å². The Morgan fingerprint density at radius 1 is 0.479 bits per heavy atom. The Hall–Kier alpha value is -5.00. The Morgan fingerprint density at radius 3 is 1.79 bits per heavy atom. The number of nitrogens with zero attached hydrogens (tertiary/aromatic N) is 3. The molecule has 0 spiro atoms. The summed E-state index contributed by atoms with van der Waals surface area (Å²) >= 11 is 0. The fourth-order valence-electron chi connectivity index (χ4n) is 15.4. The first-order valence-corrected chi connectivity index (χ1v) is 31.1. The van der Waals surface area contributed by atoms with E-state index in [0.717, 1.165) is 19.3 Å². The van der Waals surface area contributed by atoms with Crippen molar-refractivity contribution in [1.82, 2.24) is 0 Å². The molecule has 0 aromatic heterocycles. The molecule has 6 aromatic rings. The van der Waals surface area contributed by atoms with E-state index in [9.17, 15) is 0 Å². The van der Waals surface area contributed by atoms with Gasteiger partial charge in [-0.2, -0.15) is 0 Å². The molecule has 6 aliphatic rings. The van der Waals surface area contributed by atoms with E-state index < -0.39 is 8.07 Å². The molecular formula is C66H80BN3Si. The summed E-state index contributed by atoms with van der Waals surface area (Å²) in [5.41, 5.74) is 22.4. The molecular weight excluding hydrogens is 874 g/mol. The third-order valence-corrected chi connectivity index (χ3v) is 21.7. The summed E-state index contributed by atoms with van der Waals surface area (Å²) in [5.74, 6) is 0. The third kappa shape index (κ3) is 6.39. The first-order valence-electron chi connectivity index (χ1n) is 27.6. The van der Waals surface area contributed by atoms with Gasteiger partial charge in [-0.1, -0.05) is 199 Å².